The Morgan fingerprint density at radius 3 is 2.53 bits per heavy atom. The number of carbonyl (C=O) groups is 1. The topological polar surface area (TPSA) is 47.4 Å². The average Bonchev–Trinajstić information content (AvgIpc) is 3.16. The minimum Gasteiger partial charge on any atom is -0.362 e. The molecule has 1 unspecified atom stereocenters. The lowest BCUT2D eigenvalue weighted by Crippen LogP contribution is -2.35. The molecule has 5 heteroatoms. The van der Waals surface area contributed by atoms with Crippen LogP contribution in [0.15, 0.2) is 60.8 Å². The van der Waals surface area contributed by atoms with E-state index >= 15 is 0 Å². The number of hydrogen-bond donors (Lipinski definition) is 0. The van der Waals surface area contributed by atoms with Crippen LogP contribution < -0.4 is 0 Å². The second-order valence-electron chi connectivity index (χ2n) is 8.34. The van der Waals surface area contributed by atoms with E-state index in [0.29, 0.717) is 11.3 Å². The number of piperidine rings is 1. The molecule has 2 aliphatic heterocycles. The molecular formula is C25H27N3O2. The van der Waals surface area contributed by atoms with Gasteiger partial charge in [-0.3, -0.25) is 4.79 Å². The number of rotatable bonds is 4. The van der Waals surface area contributed by atoms with Crippen LogP contribution in [0.5, 0.6) is 0 Å². The zero-order chi connectivity index (χ0) is 20.5. The lowest BCUT2D eigenvalue weighted by atomic mass is 10.00. The van der Waals surface area contributed by atoms with Gasteiger partial charge in [-0.05, 0) is 37.4 Å². The van der Waals surface area contributed by atoms with Gasteiger partial charge in [-0.25, -0.2) is 4.98 Å². The highest BCUT2D eigenvalue weighted by molar-refractivity contribution is 6.07. The van der Waals surface area contributed by atoms with E-state index in [2.05, 4.69) is 40.8 Å². The summed E-state index contributed by atoms with van der Waals surface area (Å²) in [7, 11) is 2.16. The second kappa shape index (κ2) is 8.17. The molecule has 0 radical (unpaired) electrons. The number of fused-ring (bicyclic) bond motifs is 2. The quantitative estimate of drug-likeness (QED) is 0.623. The number of benzene rings is 2. The number of aromatic nitrogens is 2. The highest BCUT2D eigenvalue weighted by atomic mass is 16.5. The molecule has 0 amide bonds. The van der Waals surface area contributed by atoms with E-state index < -0.39 is 0 Å². The molecule has 5 nitrogen and oxygen atoms in total. The van der Waals surface area contributed by atoms with Crippen molar-refractivity contribution in [2.75, 3.05) is 20.1 Å². The molecule has 0 saturated carbocycles. The maximum atomic E-state index is 13.0. The largest absolute Gasteiger partial charge is 0.362 e. The standard InChI is InChI=1S/C25H27N3O2/c1-27-14-12-20(13-15-27)30-24-21-10-6-5-7-18(21)11-16-28-17-22(26-25(24)28)23(29)19-8-3-2-4-9-19/h2-10,17,20,24H,11-16H2,1H3. The van der Waals surface area contributed by atoms with Gasteiger partial charge in [0.1, 0.15) is 17.6 Å². The smallest absolute Gasteiger partial charge is 0.212 e. The number of imidazole rings is 1. The lowest BCUT2D eigenvalue weighted by Gasteiger charge is -2.32. The van der Waals surface area contributed by atoms with E-state index in [0.717, 1.165) is 44.7 Å². The Morgan fingerprint density at radius 2 is 1.73 bits per heavy atom. The molecule has 2 aliphatic rings. The maximum Gasteiger partial charge on any atom is 0.212 e. The van der Waals surface area contributed by atoms with Crippen LogP contribution in [-0.2, 0) is 17.7 Å². The molecule has 0 N–H and O–H groups in total. The molecule has 1 saturated heterocycles. The van der Waals surface area contributed by atoms with E-state index in [1.54, 1.807) is 0 Å². The van der Waals surface area contributed by atoms with Crippen molar-refractivity contribution >= 4 is 5.78 Å². The van der Waals surface area contributed by atoms with Crippen LogP contribution in [0.1, 0.15) is 51.9 Å². The molecule has 2 aromatic carbocycles. The molecule has 0 bridgehead atoms. The van der Waals surface area contributed by atoms with Crippen LogP contribution in [0.25, 0.3) is 0 Å². The fourth-order valence-corrected chi connectivity index (χ4v) is 4.51. The van der Waals surface area contributed by atoms with Crippen molar-refractivity contribution in [3.63, 3.8) is 0 Å². The summed E-state index contributed by atoms with van der Waals surface area (Å²) in [5.41, 5.74) is 3.64. The van der Waals surface area contributed by atoms with Crippen molar-refractivity contribution in [2.45, 2.75) is 38.0 Å². The van der Waals surface area contributed by atoms with Gasteiger partial charge in [0.25, 0.3) is 0 Å². The Morgan fingerprint density at radius 1 is 1.00 bits per heavy atom. The highest BCUT2D eigenvalue weighted by Crippen LogP contribution is 2.34. The van der Waals surface area contributed by atoms with Gasteiger partial charge >= 0.3 is 0 Å². The minimum atomic E-state index is -0.241. The molecule has 1 fully saturated rings. The predicted octanol–water partition coefficient (Wildman–Crippen LogP) is 3.87. The van der Waals surface area contributed by atoms with Crippen LogP contribution in [0.3, 0.4) is 0 Å². The van der Waals surface area contributed by atoms with Crippen molar-refractivity contribution in [2.24, 2.45) is 0 Å². The number of nitrogens with zero attached hydrogens (tertiary/aromatic N) is 3. The number of aryl methyl sites for hydroxylation is 2. The fraction of sp³-hybridized carbons (Fsp3) is 0.360. The third kappa shape index (κ3) is 3.71. The van der Waals surface area contributed by atoms with Gasteiger partial charge in [0.05, 0.1) is 6.10 Å². The van der Waals surface area contributed by atoms with Gasteiger partial charge in [0.15, 0.2) is 0 Å². The number of likely N-dealkylation sites (tertiary alicyclic amines) is 1. The first-order chi connectivity index (χ1) is 14.7. The maximum absolute atomic E-state index is 13.0. The van der Waals surface area contributed by atoms with E-state index in [4.69, 9.17) is 9.72 Å². The molecule has 0 aliphatic carbocycles. The normalized spacial score (nSPS) is 19.7. The van der Waals surface area contributed by atoms with Gasteiger partial charge in [-0.2, -0.15) is 0 Å². The molecule has 0 spiro atoms. The molecule has 30 heavy (non-hydrogen) atoms. The zero-order valence-electron chi connectivity index (χ0n) is 17.3. The van der Waals surface area contributed by atoms with Gasteiger partial charge in [0, 0.05) is 31.4 Å². The van der Waals surface area contributed by atoms with Crippen LogP contribution in [0, 0.1) is 0 Å². The van der Waals surface area contributed by atoms with Gasteiger partial charge in [-0.15, -0.1) is 0 Å². The van der Waals surface area contributed by atoms with Gasteiger partial charge < -0.3 is 14.2 Å². The third-order valence-corrected chi connectivity index (χ3v) is 6.26. The first-order valence-corrected chi connectivity index (χ1v) is 10.8. The zero-order valence-corrected chi connectivity index (χ0v) is 17.3. The summed E-state index contributed by atoms with van der Waals surface area (Å²) in [6, 6.07) is 17.9. The number of ether oxygens (including phenoxy) is 1. The van der Waals surface area contributed by atoms with Crippen molar-refractivity contribution in [3.8, 4) is 0 Å². The average molecular weight is 402 g/mol. The summed E-state index contributed by atoms with van der Waals surface area (Å²) in [6.45, 7) is 2.89. The minimum absolute atomic E-state index is 0.0394. The molecule has 3 heterocycles. The number of ketones is 1. The van der Waals surface area contributed by atoms with E-state index in [1.165, 1.54) is 11.1 Å². The SMILES string of the molecule is CN1CCC(OC2c3ccccc3CCn3cc(C(=O)c4ccccc4)nc32)CC1. The van der Waals surface area contributed by atoms with Crippen molar-refractivity contribution in [3.05, 3.63) is 89.0 Å². The first kappa shape index (κ1) is 19.2. The second-order valence-corrected chi connectivity index (χ2v) is 8.34. The van der Waals surface area contributed by atoms with Crippen LogP contribution >= 0.6 is 0 Å². The Hall–Kier alpha value is -2.76. The van der Waals surface area contributed by atoms with Crippen molar-refractivity contribution in [1.82, 2.24) is 14.5 Å². The van der Waals surface area contributed by atoms with E-state index in [-0.39, 0.29) is 18.0 Å². The third-order valence-electron chi connectivity index (χ3n) is 6.26. The Bertz CT molecular complexity index is 1040. The lowest BCUT2D eigenvalue weighted by molar-refractivity contribution is -0.0276. The number of hydrogen-bond acceptors (Lipinski definition) is 4. The first-order valence-electron chi connectivity index (χ1n) is 10.8. The van der Waals surface area contributed by atoms with Gasteiger partial charge in [0.2, 0.25) is 5.78 Å². The fourth-order valence-electron chi connectivity index (χ4n) is 4.51. The highest BCUT2D eigenvalue weighted by Gasteiger charge is 2.31. The van der Waals surface area contributed by atoms with Crippen molar-refractivity contribution < 1.29 is 9.53 Å². The molecule has 1 atom stereocenters. The Balaban J connectivity index is 1.51. The summed E-state index contributed by atoms with van der Waals surface area (Å²) in [5, 5.41) is 0. The monoisotopic (exact) mass is 401 g/mol. The molecule has 154 valence electrons. The van der Waals surface area contributed by atoms with Crippen LogP contribution in [0.2, 0.25) is 0 Å². The summed E-state index contributed by atoms with van der Waals surface area (Å²) in [6.07, 6.45) is 4.82. The Labute approximate surface area is 177 Å². The van der Waals surface area contributed by atoms with Crippen LogP contribution in [-0.4, -0.2) is 46.5 Å². The summed E-state index contributed by atoms with van der Waals surface area (Å²) >= 11 is 0. The summed E-state index contributed by atoms with van der Waals surface area (Å²) < 4.78 is 8.81. The molecule has 1 aromatic heterocycles. The van der Waals surface area contributed by atoms with E-state index in [9.17, 15) is 4.79 Å². The predicted molar refractivity (Wildman–Crippen MR) is 116 cm³/mol. The van der Waals surface area contributed by atoms with Crippen LogP contribution in [0.4, 0.5) is 0 Å². The Kier molecular flexibility index (Phi) is 5.23. The van der Waals surface area contributed by atoms with E-state index in [1.807, 2.05) is 36.5 Å². The molecule has 5 rings (SSSR count). The van der Waals surface area contributed by atoms with Crippen molar-refractivity contribution in [1.29, 1.82) is 0 Å². The summed E-state index contributed by atoms with van der Waals surface area (Å²) in [5.74, 6) is 0.806. The molecule has 3 aromatic rings. The number of carbonyl (C=O) groups excluding carboxylic acids is 1. The molecular weight excluding hydrogens is 374 g/mol. The van der Waals surface area contributed by atoms with Gasteiger partial charge in [-0.1, -0.05) is 54.6 Å². The summed E-state index contributed by atoms with van der Waals surface area (Å²) in [4.78, 5) is 20.2.